The summed E-state index contributed by atoms with van der Waals surface area (Å²) in [5.74, 6) is 0.0179. The van der Waals surface area contributed by atoms with Gasteiger partial charge in [-0.25, -0.2) is 4.39 Å². The summed E-state index contributed by atoms with van der Waals surface area (Å²) >= 11 is 0. The summed E-state index contributed by atoms with van der Waals surface area (Å²) in [6.07, 6.45) is 2.33. The minimum Gasteiger partial charge on any atom is -0.377 e. The summed E-state index contributed by atoms with van der Waals surface area (Å²) < 4.78 is 20.4. The summed E-state index contributed by atoms with van der Waals surface area (Å²) in [6.45, 7) is 0.729. The van der Waals surface area contributed by atoms with E-state index in [4.69, 9.17) is 10.00 Å². The molecule has 0 spiro atoms. The first-order valence-corrected chi connectivity index (χ1v) is 8.40. The van der Waals surface area contributed by atoms with Gasteiger partial charge in [-0.05, 0) is 30.5 Å². The number of hydrogen-bond donors (Lipinski definition) is 1. The van der Waals surface area contributed by atoms with Crippen LogP contribution >= 0.6 is 0 Å². The van der Waals surface area contributed by atoms with Crippen LogP contribution < -0.4 is 5.32 Å². The van der Waals surface area contributed by atoms with Crippen molar-refractivity contribution in [1.82, 2.24) is 0 Å². The first-order valence-electron chi connectivity index (χ1n) is 8.40. The molecule has 2 aliphatic heterocycles. The van der Waals surface area contributed by atoms with Crippen molar-refractivity contribution in [1.29, 1.82) is 5.26 Å². The fourth-order valence-electron chi connectivity index (χ4n) is 3.96. The second-order valence-electron chi connectivity index (χ2n) is 6.50. The van der Waals surface area contributed by atoms with Crippen molar-refractivity contribution in [3.05, 3.63) is 65.0 Å². The lowest BCUT2D eigenvalue weighted by Crippen LogP contribution is -2.36. The van der Waals surface area contributed by atoms with Gasteiger partial charge in [0.15, 0.2) is 0 Å². The molecule has 2 aliphatic rings. The van der Waals surface area contributed by atoms with Crippen molar-refractivity contribution in [2.24, 2.45) is 5.92 Å². The lowest BCUT2D eigenvalue weighted by molar-refractivity contribution is -0.0384. The fourth-order valence-corrected chi connectivity index (χ4v) is 3.96. The number of fused-ring (bicyclic) bond motifs is 3. The number of halogens is 1. The van der Waals surface area contributed by atoms with E-state index in [2.05, 4.69) is 17.5 Å². The van der Waals surface area contributed by atoms with Crippen LogP contribution in [0.3, 0.4) is 0 Å². The standard InChI is InChI=1S/C20H19FN2O/c21-17-6-2-1-4-14(17)19-15-5-3-11-24-20(15)16-12-13(9-10-22)7-8-18(16)23-19/h1-2,4,6-8,12,15,19-20,23H,3,5,9,11H2. The third-order valence-electron chi connectivity index (χ3n) is 5.05. The van der Waals surface area contributed by atoms with Gasteiger partial charge in [-0.2, -0.15) is 5.26 Å². The zero-order valence-electron chi connectivity index (χ0n) is 13.3. The number of nitrogens with one attached hydrogen (secondary N) is 1. The average molecular weight is 322 g/mol. The molecular weight excluding hydrogens is 303 g/mol. The van der Waals surface area contributed by atoms with Crippen LogP contribution in [0.4, 0.5) is 10.1 Å². The summed E-state index contributed by atoms with van der Waals surface area (Å²) in [5.41, 5.74) is 3.77. The molecule has 2 heterocycles. The van der Waals surface area contributed by atoms with E-state index in [1.54, 1.807) is 6.07 Å². The van der Waals surface area contributed by atoms with Crippen molar-refractivity contribution in [2.75, 3.05) is 11.9 Å². The van der Waals surface area contributed by atoms with Crippen LogP contribution in [0.1, 0.15) is 41.7 Å². The largest absolute Gasteiger partial charge is 0.377 e. The van der Waals surface area contributed by atoms with Crippen molar-refractivity contribution in [3.8, 4) is 6.07 Å². The molecule has 4 heteroatoms. The number of nitrogens with zero attached hydrogens (tertiary/aromatic N) is 1. The maximum Gasteiger partial charge on any atom is 0.128 e. The molecule has 3 unspecified atom stereocenters. The quantitative estimate of drug-likeness (QED) is 0.884. The Bertz CT molecular complexity index is 798. The van der Waals surface area contributed by atoms with Gasteiger partial charge >= 0.3 is 0 Å². The number of ether oxygens (including phenoxy) is 1. The molecular formula is C20H19FN2O. The smallest absolute Gasteiger partial charge is 0.128 e. The number of nitriles is 1. The molecule has 1 fully saturated rings. The molecule has 2 aromatic carbocycles. The molecule has 0 aromatic heterocycles. The third kappa shape index (κ3) is 2.55. The SMILES string of the molecule is N#CCc1ccc2c(c1)C1OCCCC1C(c1ccccc1F)N2. The lowest BCUT2D eigenvalue weighted by atomic mass is 9.77. The van der Waals surface area contributed by atoms with Crippen LogP contribution in [0, 0.1) is 23.1 Å². The molecule has 24 heavy (non-hydrogen) atoms. The minimum atomic E-state index is -0.177. The van der Waals surface area contributed by atoms with E-state index < -0.39 is 0 Å². The Morgan fingerprint density at radius 1 is 1.21 bits per heavy atom. The summed E-state index contributed by atoms with van der Waals surface area (Å²) in [4.78, 5) is 0. The molecule has 122 valence electrons. The highest BCUT2D eigenvalue weighted by molar-refractivity contribution is 5.58. The monoisotopic (exact) mass is 322 g/mol. The molecule has 3 atom stereocenters. The van der Waals surface area contributed by atoms with E-state index in [0.717, 1.165) is 36.3 Å². The normalized spacial score (nSPS) is 25.1. The van der Waals surface area contributed by atoms with Gasteiger partial charge in [-0.15, -0.1) is 0 Å². The first-order chi connectivity index (χ1) is 11.8. The molecule has 3 nitrogen and oxygen atoms in total. The van der Waals surface area contributed by atoms with Gasteiger partial charge in [0.2, 0.25) is 0 Å². The Balaban J connectivity index is 1.77. The van der Waals surface area contributed by atoms with E-state index in [0.29, 0.717) is 12.0 Å². The Morgan fingerprint density at radius 2 is 2.08 bits per heavy atom. The predicted molar refractivity (Wildman–Crippen MR) is 89.9 cm³/mol. The first kappa shape index (κ1) is 15.2. The molecule has 2 aromatic rings. The van der Waals surface area contributed by atoms with E-state index in [1.165, 1.54) is 6.07 Å². The topological polar surface area (TPSA) is 45.0 Å². The molecule has 0 amide bonds. The Kier molecular flexibility index (Phi) is 3.95. The number of benzene rings is 2. The van der Waals surface area contributed by atoms with Crippen molar-refractivity contribution < 1.29 is 9.13 Å². The van der Waals surface area contributed by atoms with Gasteiger partial charge in [0.25, 0.3) is 0 Å². The van der Waals surface area contributed by atoms with E-state index in [9.17, 15) is 4.39 Å². The van der Waals surface area contributed by atoms with E-state index in [1.807, 2.05) is 24.3 Å². The van der Waals surface area contributed by atoms with Crippen molar-refractivity contribution in [2.45, 2.75) is 31.4 Å². The van der Waals surface area contributed by atoms with E-state index >= 15 is 0 Å². The van der Waals surface area contributed by atoms with Crippen LogP contribution in [-0.2, 0) is 11.2 Å². The van der Waals surface area contributed by atoms with Gasteiger partial charge in [0.05, 0.1) is 24.6 Å². The second-order valence-corrected chi connectivity index (χ2v) is 6.50. The molecule has 0 saturated carbocycles. The third-order valence-corrected chi connectivity index (χ3v) is 5.05. The maximum atomic E-state index is 14.4. The molecule has 0 radical (unpaired) electrons. The minimum absolute atomic E-state index is 0.0433. The Labute approximate surface area is 141 Å². The summed E-state index contributed by atoms with van der Waals surface area (Å²) in [5, 5.41) is 12.5. The number of rotatable bonds is 2. The van der Waals surface area contributed by atoms with Gasteiger partial charge in [0.1, 0.15) is 5.82 Å². The average Bonchev–Trinajstić information content (AvgIpc) is 2.62. The van der Waals surface area contributed by atoms with Crippen molar-refractivity contribution >= 4 is 5.69 Å². The Morgan fingerprint density at radius 3 is 2.92 bits per heavy atom. The zero-order valence-corrected chi connectivity index (χ0v) is 13.3. The Hall–Kier alpha value is -2.38. The zero-order chi connectivity index (χ0) is 16.5. The van der Waals surface area contributed by atoms with Gasteiger partial charge in [-0.1, -0.05) is 30.3 Å². The van der Waals surface area contributed by atoms with Gasteiger partial charge < -0.3 is 10.1 Å². The van der Waals surface area contributed by atoms with Crippen LogP contribution in [0.5, 0.6) is 0 Å². The molecule has 0 aliphatic carbocycles. The highest BCUT2D eigenvalue weighted by Crippen LogP contribution is 2.49. The van der Waals surface area contributed by atoms with Crippen LogP contribution in [0.2, 0.25) is 0 Å². The van der Waals surface area contributed by atoms with Crippen LogP contribution in [0.15, 0.2) is 42.5 Å². The van der Waals surface area contributed by atoms with Gasteiger partial charge in [-0.3, -0.25) is 0 Å². The highest BCUT2D eigenvalue weighted by atomic mass is 19.1. The van der Waals surface area contributed by atoms with Crippen molar-refractivity contribution in [3.63, 3.8) is 0 Å². The van der Waals surface area contributed by atoms with Gasteiger partial charge in [0, 0.05) is 29.3 Å². The molecule has 0 bridgehead atoms. The second kappa shape index (κ2) is 6.26. The highest BCUT2D eigenvalue weighted by Gasteiger charge is 2.40. The van der Waals surface area contributed by atoms with Crippen LogP contribution in [0.25, 0.3) is 0 Å². The molecule has 1 saturated heterocycles. The number of anilines is 1. The predicted octanol–water partition coefficient (Wildman–Crippen LogP) is 4.53. The fraction of sp³-hybridized carbons (Fsp3) is 0.350. The molecule has 1 N–H and O–H groups in total. The van der Waals surface area contributed by atoms with Crippen LogP contribution in [-0.4, -0.2) is 6.61 Å². The number of hydrogen-bond acceptors (Lipinski definition) is 3. The lowest BCUT2D eigenvalue weighted by Gasteiger charge is -2.43. The maximum absolute atomic E-state index is 14.4. The molecule has 4 rings (SSSR count). The summed E-state index contributed by atoms with van der Waals surface area (Å²) in [6, 6.07) is 15.1. The van der Waals surface area contributed by atoms with E-state index in [-0.39, 0.29) is 23.9 Å². The summed E-state index contributed by atoms with van der Waals surface area (Å²) in [7, 11) is 0.